The maximum atomic E-state index is 12.2. The second-order valence-corrected chi connectivity index (χ2v) is 11.9. The molecule has 0 saturated heterocycles. The number of sulfonamides is 1. The number of hydrogen-bond acceptors (Lipinski definition) is 5. The summed E-state index contributed by atoms with van der Waals surface area (Å²) in [5.41, 5.74) is 2.69. The van der Waals surface area contributed by atoms with Crippen molar-refractivity contribution in [2.24, 2.45) is 5.92 Å². The molecule has 0 saturated carbocycles. The largest absolute Gasteiger partial charge is 0.457 e. The van der Waals surface area contributed by atoms with Gasteiger partial charge in [-0.25, -0.2) is 16.8 Å². The van der Waals surface area contributed by atoms with Gasteiger partial charge in [-0.1, -0.05) is 12.1 Å². The number of rotatable bonds is 7. The fourth-order valence-corrected chi connectivity index (χ4v) is 5.19. The number of benzene rings is 2. The Hall–Kier alpha value is -2.06. The van der Waals surface area contributed by atoms with E-state index in [1.165, 1.54) is 0 Å². The Labute approximate surface area is 166 Å². The van der Waals surface area contributed by atoms with Crippen LogP contribution in [0.4, 0.5) is 5.69 Å². The molecule has 0 aliphatic heterocycles. The zero-order chi connectivity index (χ0) is 20.5. The van der Waals surface area contributed by atoms with Gasteiger partial charge in [0.15, 0.2) is 9.84 Å². The van der Waals surface area contributed by atoms with Crippen LogP contribution in [0.2, 0.25) is 0 Å². The Morgan fingerprint density at radius 3 is 2.36 bits per heavy atom. The second kappa shape index (κ2) is 7.75. The molecule has 0 unspecified atom stereocenters. The first-order valence-corrected chi connectivity index (χ1v) is 12.7. The summed E-state index contributed by atoms with van der Waals surface area (Å²) in [6.07, 6.45) is 2.57. The molecule has 2 aromatic rings. The van der Waals surface area contributed by atoms with Gasteiger partial charge in [-0.2, -0.15) is 0 Å². The van der Waals surface area contributed by atoms with Crippen molar-refractivity contribution < 1.29 is 21.6 Å². The molecule has 0 spiro atoms. The molecule has 0 fully saturated rings. The van der Waals surface area contributed by atoms with Gasteiger partial charge in [0.25, 0.3) is 0 Å². The van der Waals surface area contributed by atoms with Crippen LogP contribution >= 0.6 is 0 Å². The highest BCUT2D eigenvalue weighted by Crippen LogP contribution is 2.33. The van der Waals surface area contributed by atoms with Gasteiger partial charge < -0.3 is 4.74 Å². The number of nitrogens with one attached hydrogen (secondary N) is 1. The average Bonchev–Trinajstić information content (AvgIpc) is 2.94. The van der Waals surface area contributed by atoms with Crippen LogP contribution in [0.25, 0.3) is 0 Å². The SMILES string of the molecule is CC(C)S(=O)(=O)C[C@H]1Cc2ccc(Oc3cccc(NS(C)(=O)=O)c3)cc2C1. The first kappa shape index (κ1) is 20.7. The topological polar surface area (TPSA) is 89.5 Å². The molecule has 0 bridgehead atoms. The molecule has 152 valence electrons. The van der Waals surface area contributed by atoms with Crippen LogP contribution in [-0.2, 0) is 32.7 Å². The van der Waals surface area contributed by atoms with E-state index in [-0.39, 0.29) is 16.9 Å². The number of anilines is 1. The summed E-state index contributed by atoms with van der Waals surface area (Å²) in [5, 5.41) is -0.358. The Morgan fingerprint density at radius 2 is 1.68 bits per heavy atom. The molecule has 0 radical (unpaired) electrons. The molecule has 28 heavy (non-hydrogen) atoms. The zero-order valence-electron chi connectivity index (χ0n) is 16.2. The summed E-state index contributed by atoms with van der Waals surface area (Å²) in [6.45, 7) is 3.44. The number of hydrogen-bond donors (Lipinski definition) is 1. The lowest BCUT2D eigenvalue weighted by Crippen LogP contribution is -2.23. The minimum Gasteiger partial charge on any atom is -0.457 e. The van der Waals surface area contributed by atoms with Crippen molar-refractivity contribution in [2.45, 2.75) is 31.9 Å². The van der Waals surface area contributed by atoms with Crippen molar-refractivity contribution in [3.05, 3.63) is 53.6 Å². The summed E-state index contributed by atoms with van der Waals surface area (Å²) >= 11 is 0. The van der Waals surface area contributed by atoms with E-state index in [0.29, 0.717) is 23.6 Å². The number of sulfone groups is 1. The van der Waals surface area contributed by atoms with Gasteiger partial charge in [0, 0.05) is 6.07 Å². The highest BCUT2D eigenvalue weighted by molar-refractivity contribution is 7.92. The van der Waals surface area contributed by atoms with Crippen LogP contribution in [0.15, 0.2) is 42.5 Å². The van der Waals surface area contributed by atoms with E-state index in [9.17, 15) is 16.8 Å². The van der Waals surface area contributed by atoms with Gasteiger partial charge in [0.1, 0.15) is 11.5 Å². The van der Waals surface area contributed by atoms with E-state index in [0.717, 1.165) is 23.8 Å². The van der Waals surface area contributed by atoms with Crippen LogP contribution in [0.5, 0.6) is 11.5 Å². The summed E-state index contributed by atoms with van der Waals surface area (Å²) < 4.78 is 55.5. The third kappa shape index (κ3) is 5.26. The van der Waals surface area contributed by atoms with E-state index in [1.807, 2.05) is 18.2 Å². The first-order valence-electron chi connectivity index (χ1n) is 9.11. The van der Waals surface area contributed by atoms with Crippen LogP contribution in [0, 0.1) is 5.92 Å². The van der Waals surface area contributed by atoms with E-state index in [4.69, 9.17) is 4.74 Å². The fraction of sp³-hybridized carbons (Fsp3) is 0.400. The minimum atomic E-state index is -3.36. The van der Waals surface area contributed by atoms with Crippen molar-refractivity contribution in [1.82, 2.24) is 0 Å². The Morgan fingerprint density at radius 1 is 1.00 bits per heavy atom. The number of ether oxygens (including phenoxy) is 1. The van der Waals surface area contributed by atoms with Crippen LogP contribution in [-0.4, -0.2) is 34.1 Å². The monoisotopic (exact) mass is 423 g/mol. The van der Waals surface area contributed by atoms with Gasteiger partial charge in [0.05, 0.1) is 22.9 Å². The lowest BCUT2D eigenvalue weighted by Gasteiger charge is -2.12. The Bertz CT molecular complexity index is 1080. The summed E-state index contributed by atoms with van der Waals surface area (Å²) in [6, 6.07) is 12.5. The fourth-order valence-electron chi connectivity index (χ4n) is 3.36. The molecule has 1 atom stereocenters. The molecule has 6 nitrogen and oxygen atoms in total. The zero-order valence-corrected chi connectivity index (χ0v) is 17.8. The van der Waals surface area contributed by atoms with Gasteiger partial charge in [-0.3, -0.25) is 4.72 Å². The minimum absolute atomic E-state index is 0.0972. The van der Waals surface area contributed by atoms with Gasteiger partial charge in [-0.05, 0) is 68.0 Å². The molecule has 0 aromatic heterocycles. The molecule has 1 aliphatic rings. The first-order chi connectivity index (χ1) is 13.0. The maximum Gasteiger partial charge on any atom is 0.229 e. The van der Waals surface area contributed by atoms with Crippen LogP contribution in [0.1, 0.15) is 25.0 Å². The summed E-state index contributed by atoms with van der Waals surface area (Å²) in [5.74, 6) is 1.46. The predicted molar refractivity (Wildman–Crippen MR) is 111 cm³/mol. The highest BCUT2D eigenvalue weighted by Gasteiger charge is 2.28. The predicted octanol–water partition coefficient (Wildman–Crippen LogP) is 3.39. The molecule has 3 rings (SSSR count). The van der Waals surface area contributed by atoms with Gasteiger partial charge in [-0.15, -0.1) is 0 Å². The third-order valence-electron chi connectivity index (χ3n) is 4.75. The molecule has 0 heterocycles. The van der Waals surface area contributed by atoms with E-state index >= 15 is 0 Å². The van der Waals surface area contributed by atoms with Crippen molar-refractivity contribution >= 4 is 25.5 Å². The van der Waals surface area contributed by atoms with Crippen LogP contribution < -0.4 is 9.46 Å². The molecular weight excluding hydrogens is 398 g/mol. The molecule has 8 heteroatoms. The quantitative estimate of drug-likeness (QED) is 0.737. The highest BCUT2D eigenvalue weighted by atomic mass is 32.2. The maximum absolute atomic E-state index is 12.2. The van der Waals surface area contributed by atoms with Crippen molar-refractivity contribution in [2.75, 3.05) is 16.7 Å². The van der Waals surface area contributed by atoms with Crippen molar-refractivity contribution in [3.8, 4) is 11.5 Å². The second-order valence-electron chi connectivity index (χ2n) is 7.59. The third-order valence-corrected chi connectivity index (χ3v) is 7.73. The van der Waals surface area contributed by atoms with Gasteiger partial charge in [0.2, 0.25) is 10.0 Å². The lowest BCUT2D eigenvalue weighted by atomic mass is 10.1. The van der Waals surface area contributed by atoms with E-state index < -0.39 is 19.9 Å². The van der Waals surface area contributed by atoms with Crippen molar-refractivity contribution in [1.29, 1.82) is 0 Å². The normalized spacial score (nSPS) is 16.8. The smallest absolute Gasteiger partial charge is 0.229 e. The summed E-state index contributed by atoms with van der Waals surface area (Å²) in [7, 11) is -6.42. The lowest BCUT2D eigenvalue weighted by molar-refractivity contribution is 0.482. The summed E-state index contributed by atoms with van der Waals surface area (Å²) in [4.78, 5) is 0. The molecule has 0 amide bonds. The Balaban J connectivity index is 1.71. The average molecular weight is 424 g/mol. The molecule has 1 N–H and O–H groups in total. The molecule has 2 aromatic carbocycles. The van der Waals surface area contributed by atoms with E-state index in [2.05, 4.69) is 4.72 Å². The Kier molecular flexibility index (Phi) is 5.72. The van der Waals surface area contributed by atoms with E-state index in [1.54, 1.807) is 38.1 Å². The molecular formula is C20H25NO5S2. The molecule has 1 aliphatic carbocycles. The van der Waals surface area contributed by atoms with Crippen molar-refractivity contribution in [3.63, 3.8) is 0 Å². The standard InChI is InChI=1S/C20H25NO5S2/c1-14(2)28(24,25)13-15-9-16-7-8-20(11-17(16)10-15)26-19-6-4-5-18(12-19)21-27(3,22)23/h4-8,11-12,14-15,21H,9-10,13H2,1-3H3/t15-/m0/s1. The number of fused-ring (bicyclic) bond motifs is 1. The van der Waals surface area contributed by atoms with Gasteiger partial charge >= 0.3 is 0 Å². The van der Waals surface area contributed by atoms with Crippen LogP contribution in [0.3, 0.4) is 0 Å².